The first kappa shape index (κ1) is 17.4. The molecular weight excluding hydrogens is 272 g/mol. The third kappa shape index (κ3) is 5.00. The lowest BCUT2D eigenvalue weighted by molar-refractivity contribution is -0.147. The lowest BCUT2D eigenvalue weighted by Gasteiger charge is -2.24. The highest BCUT2D eigenvalue weighted by Gasteiger charge is 2.26. The van der Waals surface area contributed by atoms with E-state index in [1.165, 1.54) is 4.90 Å². The van der Waals surface area contributed by atoms with Crippen molar-refractivity contribution in [3.05, 3.63) is 0 Å². The van der Waals surface area contributed by atoms with Gasteiger partial charge in [-0.3, -0.25) is 14.4 Å². The third-order valence-electron chi connectivity index (χ3n) is 3.61. The second-order valence-corrected chi connectivity index (χ2v) is 5.10. The van der Waals surface area contributed by atoms with Gasteiger partial charge in [-0.2, -0.15) is 0 Å². The molecule has 1 aliphatic rings. The number of rotatable bonds is 4. The zero-order chi connectivity index (χ0) is 15.8. The van der Waals surface area contributed by atoms with Crippen LogP contribution in [0.15, 0.2) is 0 Å². The fourth-order valence-corrected chi connectivity index (χ4v) is 2.32. The Hall–Kier alpha value is -1.63. The molecule has 1 heterocycles. The topological polar surface area (TPSA) is 81.8 Å². The average molecular weight is 298 g/mol. The molecule has 7 nitrogen and oxygen atoms in total. The minimum absolute atomic E-state index is 0.168. The van der Waals surface area contributed by atoms with Crippen LogP contribution in [0, 0.1) is 0 Å². The fraction of sp³-hybridized carbons (Fsp3) is 0.786. The molecule has 7 heteroatoms. The molecule has 1 unspecified atom stereocenters. The van der Waals surface area contributed by atoms with Gasteiger partial charge in [0.05, 0.1) is 0 Å². The molecule has 21 heavy (non-hydrogen) atoms. The Bertz CT molecular complexity index is 374. The molecule has 0 radical (unpaired) electrons. The summed E-state index contributed by atoms with van der Waals surface area (Å²) in [5, 5.41) is 5.68. The van der Waals surface area contributed by atoms with Crippen LogP contribution in [0.2, 0.25) is 0 Å². The van der Waals surface area contributed by atoms with Crippen molar-refractivity contribution in [2.45, 2.75) is 33.2 Å². The maximum Gasteiger partial charge on any atom is 0.311 e. The first-order chi connectivity index (χ1) is 10.0. The predicted octanol–water partition coefficient (Wildman–Crippen LogP) is -0.819. The zero-order valence-electron chi connectivity index (χ0n) is 13.1. The first-order valence-corrected chi connectivity index (χ1v) is 7.60. The van der Waals surface area contributed by atoms with Gasteiger partial charge in [-0.15, -0.1) is 0 Å². The van der Waals surface area contributed by atoms with E-state index in [0.717, 1.165) is 13.0 Å². The number of likely N-dealkylation sites (N-methyl/N-ethyl adjacent to an activating group) is 1. The van der Waals surface area contributed by atoms with Gasteiger partial charge in [-0.1, -0.05) is 0 Å². The molecule has 2 N–H and O–H groups in total. The van der Waals surface area contributed by atoms with Gasteiger partial charge in [0.2, 0.25) is 5.91 Å². The van der Waals surface area contributed by atoms with Gasteiger partial charge in [0.1, 0.15) is 6.04 Å². The van der Waals surface area contributed by atoms with E-state index in [4.69, 9.17) is 0 Å². The Morgan fingerprint density at radius 2 is 1.86 bits per heavy atom. The highest BCUT2D eigenvalue weighted by Crippen LogP contribution is 1.99. The third-order valence-corrected chi connectivity index (χ3v) is 3.61. The number of amides is 3. The van der Waals surface area contributed by atoms with Crippen molar-refractivity contribution in [1.82, 2.24) is 20.4 Å². The van der Waals surface area contributed by atoms with Crippen molar-refractivity contribution < 1.29 is 14.4 Å². The average Bonchev–Trinajstić information content (AvgIpc) is 2.76. The maximum atomic E-state index is 12.1. The van der Waals surface area contributed by atoms with Gasteiger partial charge in [0.25, 0.3) is 0 Å². The molecule has 120 valence electrons. The molecule has 1 saturated heterocycles. The van der Waals surface area contributed by atoms with Gasteiger partial charge in [-0.25, -0.2) is 0 Å². The van der Waals surface area contributed by atoms with E-state index >= 15 is 0 Å². The summed E-state index contributed by atoms with van der Waals surface area (Å²) < 4.78 is 0. The van der Waals surface area contributed by atoms with Crippen LogP contribution in [0.3, 0.4) is 0 Å². The van der Waals surface area contributed by atoms with Gasteiger partial charge in [-0.05, 0) is 33.7 Å². The molecule has 0 bridgehead atoms. The number of carbonyl (C=O) groups excluding carboxylic acids is 3. The second-order valence-electron chi connectivity index (χ2n) is 5.10. The van der Waals surface area contributed by atoms with Crippen molar-refractivity contribution in [2.75, 3.05) is 39.3 Å². The summed E-state index contributed by atoms with van der Waals surface area (Å²) >= 11 is 0. The van der Waals surface area contributed by atoms with Crippen LogP contribution in [0.4, 0.5) is 0 Å². The SMILES string of the molecule is CCN(CC)C(=O)C(C)NC(=O)C(=O)N1CCCNCC1. The molecule has 0 aliphatic carbocycles. The van der Waals surface area contributed by atoms with E-state index in [-0.39, 0.29) is 5.91 Å². The number of nitrogens with one attached hydrogen (secondary N) is 2. The Morgan fingerprint density at radius 1 is 1.19 bits per heavy atom. The Kier molecular flexibility index (Phi) is 7.14. The van der Waals surface area contributed by atoms with Crippen molar-refractivity contribution in [2.24, 2.45) is 0 Å². The molecule has 1 aliphatic heterocycles. The first-order valence-electron chi connectivity index (χ1n) is 7.60. The van der Waals surface area contributed by atoms with E-state index in [1.807, 2.05) is 13.8 Å². The number of hydrogen-bond donors (Lipinski definition) is 2. The van der Waals surface area contributed by atoms with E-state index in [9.17, 15) is 14.4 Å². The van der Waals surface area contributed by atoms with Gasteiger partial charge < -0.3 is 20.4 Å². The molecule has 0 saturated carbocycles. The lowest BCUT2D eigenvalue weighted by atomic mass is 10.2. The molecule has 0 spiro atoms. The molecule has 1 rings (SSSR count). The second kappa shape index (κ2) is 8.61. The van der Waals surface area contributed by atoms with Crippen LogP contribution in [0.25, 0.3) is 0 Å². The summed E-state index contributed by atoms with van der Waals surface area (Å²) in [6, 6.07) is -0.688. The molecule has 0 aromatic carbocycles. The van der Waals surface area contributed by atoms with Gasteiger partial charge in [0, 0.05) is 32.7 Å². The Balaban J connectivity index is 2.54. The summed E-state index contributed by atoms with van der Waals surface area (Å²) in [7, 11) is 0. The quantitative estimate of drug-likeness (QED) is 0.665. The van der Waals surface area contributed by atoms with E-state index < -0.39 is 17.9 Å². The smallest absolute Gasteiger partial charge is 0.311 e. The predicted molar refractivity (Wildman–Crippen MR) is 79.6 cm³/mol. The number of nitrogens with zero attached hydrogens (tertiary/aromatic N) is 2. The largest absolute Gasteiger partial charge is 0.341 e. The highest BCUT2D eigenvalue weighted by molar-refractivity contribution is 6.35. The highest BCUT2D eigenvalue weighted by atomic mass is 16.2. The fourth-order valence-electron chi connectivity index (χ4n) is 2.32. The van der Waals surface area contributed by atoms with Crippen molar-refractivity contribution in [1.29, 1.82) is 0 Å². The summed E-state index contributed by atoms with van der Waals surface area (Å²) in [6.07, 6.45) is 0.826. The zero-order valence-corrected chi connectivity index (χ0v) is 13.1. The van der Waals surface area contributed by atoms with Crippen molar-refractivity contribution in [3.63, 3.8) is 0 Å². The van der Waals surface area contributed by atoms with Crippen LogP contribution < -0.4 is 10.6 Å². The normalized spacial score (nSPS) is 16.8. The van der Waals surface area contributed by atoms with Crippen molar-refractivity contribution in [3.8, 4) is 0 Å². The number of carbonyl (C=O) groups is 3. The van der Waals surface area contributed by atoms with Gasteiger partial charge >= 0.3 is 11.8 Å². The molecule has 0 aromatic rings. The lowest BCUT2D eigenvalue weighted by Crippen LogP contribution is -2.51. The summed E-state index contributed by atoms with van der Waals surface area (Å²) in [5.74, 6) is -1.43. The molecule has 1 fully saturated rings. The Morgan fingerprint density at radius 3 is 2.48 bits per heavy atom. The molecule has 0 aromatic heterocycles. The maximum absolute atomic E-state index is 12.1. The van der Waals surface area contributed by atoms with Crippen molar-refractivity contribution >= 4 is 17.7 Å². The monoisotopic (exact) mass is 298 g/mol. The standard InChI is InChI=1S/C14H26N4O3/c1-4-17(5-2)13(20)11(3)16-12(19)14(21)18-9-6-7-15-8-10-18/h11,15H,4-10H2,1-3H3,(H,16,19). The van der Waals surface area contributed by atoms with Crippen LogP contribution in [-0.2, 0) is 14.4 Å². The van der Waals surface area contributed by atoms with Crippen LogP contribution in [0.5, 0.6) is 0 Å². The van der Waals surface area contributed by atoms with Crippen LogP contribution in [0.1, 0.15) is 27.2 Å². The molecular formula is C14H26N4O3. The number of hydrogen-bond acceptors (Lipinski definition) is 4. The summed E-state index contributed by atoms with van der Waals surface area (Å²) in [4.78, 5) is 39.3. The molecule has 1 atom stereocenters. The van der Waals surface area contributed by atoms with Crippen LogP contribution >= 0.6 is 0 Å². The van der Waals surface area contributed by atoms with E-state index in [1.54, 1.807) is 11.8 Å². The summed E-state index contributed by atoms with van der Waals surface area (Å²) in [6.45, 7) is 9.16. The van der Waals surface area contributed by atoms with Gasteiger partial charge in [0.15, 0.2) is 0 Å². The van der Waals surface area contributed by atoms with E-state index in [0.29, 0.717) is 32.7 Å². The van der Waals surface area contributed by atoms with E-state index in [2.05, 4.69) is 10.6 Å². The Labute approximate surface area is 126 Å². The minimum atomic E-state index is -0.704. The summed E-state index contributed by atoms with van der Waals surface area (Å²) in [5.41, 5.74) is 0. The molecule has 3 amide bonds. The van der Waals surface area contributed by atoms with Crippen LogP contribution in [-0.4, -0.2) is 72.8 Å². The minimum Gasteiger partial charge on any atom is -0.341 e.